The number of primary amides is 1. The highest BCUT2D eigenvalue weighted by atomic mass is 16.2. The predicted molar refractivity (Wildman–Crippen MR) is 146 cm³/mol. The molecule has 1 aromatic rings. The molecule has 0 spiro atoms. The van der Waals surface area contributed by atoms with E-state index in [9.17, 15) is 19.2 Å². The molecule has 6 rings (SSSR count). The van der Waals surface area contributed by atoms with Gasteiger partial charge in [0.1, 0.15) is 12.3 Å². The molecule has 3 heterocycles. The number of benzene rings is 1. The minimum absolute atomic E-state index is 0.0280. The van der Waals surface area contributed by atoms with E-state index >= 15 is 0 Å². The maximum atomic E-state index is 13.0. The molecule has 3 aliphatic heterocycles. The van der Waals surface area contributed by atoms with E-state index in [1.165, 1.54) is 50.9 Å². The molecule has 3 amide bonds. The molecule has 3 fully saturated rings. The smallest absolute Gasteiger partial charge is 0.262 e. The van der Waals surface area contributed by atoms with Gasteiger partial charge in [0.05, 0.1) is 29.4 Å². The number of nitrogens with zero attached hydrogens (tertiary/aromatic N) is 4. The van der Waals surface area contributed by atoms with Crippen molar-refractivity contribution in [1.82, 2.24) is 14.8 Å². The Kier molecular flexibility index (Phi) is 7.14. The van der Waals surface area contributed by atoms with Crippen molar-refractivity contribution in [2.24, 2.45) is 22.7 Å². The van der Waals surface area contributed by atoms with E-state index in [0.29, 0.717) is 30.2 Å². The highest BCUT2D eigenvalue weighted by Crippen LogP contribution is 2.40. The Labute approximate surface area is 228 Å². The molecule has 0 radical (unpaired) electrons. The molecule has 10 nitrogen and oxygen atoms in total. The number of rotatable bonds is 11. The first-order chi connectivity index (χ1) is 18.9. The number of carbonyl (C=O) groups excluding carboxylic acids is 4. The van der Waals surface area contributed by atoms with Crippen LogP contribution in [0.25, 0.3) is 0 Å². The third-order valence-corrected chi connectivity index (χ3v) is 9.12. The average molecular weight is 535 g/mol. The van der Waals surface area contributed by atoms with Gasteiger partial charge in [-0.25, -0.2) is 0 Å². The second-order valence-corrected chi connectivity index (χ2v) is 11.8. The van der Waals surface area contributed by atoms with Gasteiger partial charge in [0.25, 0.3) is 11.8 Å². The molecule has 5 aliphatic rings. The van der Waals surface area contributed by atoms with Gasteiger partial charge >= 0.3 is 0 Å². The number of aldehydes is 1. The molecule has 39 heavy (non-hydrogen) atoms. The standard InChI is InChI=1S/C29H38N6O4/c30-27(37)24(5-4-12-36)35-28(38)22-9-8-20(15-23(22)29(35)39)31-16-18-13-21(14-18)34-17-25(26(32-34)19-6-7-19)33-10-2-1-3-11-33/h8-9,12,15,18-19,21,24-25,31H,1-7,10-11,13-14,16-17H2,(H2,30,37)/t18-,21-,24?,25?. The summed E-state index contributed by atoms with van der Waals surface area (Å²) in [5.74, 6) is -0.657. The van der Waals surface area contributed by atoms with Crippen LogP contribution in [0.4, 0.5) is 5.69 Å². The normalized spacial score (nSPS) is 27.7. The number of hydrazone groups is 1. The first-order valence-corrected chi connectivity index (χ1v) is 14.5. The molecule has 3 N–H and O–H groups in total. The van der Waals surface area contributed by atoms with E-state index in [0.717, 1.165) is 36.5 Å². The van der Waals surface area contributed by atoms with Crippen molar-refractivity contribution in [3.8, 4) is 0 Å². The third-order valence-electron chi connectivity index (χ3n) is 9.12. The molecule has 2 atom stereocenters. The summed E-state index contributed by atoms with van der Waals surface area (Å²) in [6, 6.07) is 4.97. The fraction of sp³-hybridized carbons (Fsp3) is 0.621. The lowest BCUT2D eigenvalue weighted by atomic mass is 9.79. The number of piperidine rings is 1. The summed E-state index contributed by atoms with van der Waals surface area (Å²) >= 11 is 0. The van der Waals surface area contributed by atoms with Crippen LogP contribution in [0, 0.1) is 11.8 Å². The van der Waals surface area contributed by atoms with Crippen LogP contribution in [0.3, 0.4) is 0 Å². The maximum Gasteiger partial charge on any atom is 0.262 e. The highest BCUT2D eigenvalue weighted by Gasteiger charge is 2.45. The van der Waals surface area contributed by atoms with Gasteiger partial charge in [0.15, 0.2) is 0 Å². The lowest BCUT2D eigenvalue weighted by Gasteiger charge is -2.41. The lowest BCUT2D eigenvalue weighted by molar-refractivity contribution is -0.122. The molecule has 1 aromatic carbocycles. The predicted octanol–water partition coefficient (Wildman–Crippen LogP) is 2.24. The Morgan fingerprint density at radius 2 is 1.85 bits per heavy atom. The van der Waals surface area contributed by atoms with Crippen molar-refractivity contribution in [3.05, 3.63) is 29.3 Å². The molecule has 0 bridgehead atoms. The zero-order valence-electron chi connectivity index (χ0n) is 22.4. The van der Waals surface area contributed by atoms with E-state index in [1.807, 2.05) is 0 Å². The highest BCUT2D eigenvalue weighted by molar-refractivity contribution is 6.23. The van der Waals surface area contributed by atoms with Crippen molar-refractivity contribution in [2.75, 3.05) is 31.5 Å². The van der Waals surface area contributed by atoms with Crippen LogP contribution >= 0.6 is 0 Å². The Morgan fingerprint density at radius 3 is 2.54 bits per heavy atom. The van der Waals surface area contributed by atoms with E-state index in [4.69, 9.17) is 10.8 Å². The summed E-state index contributed by atoms with van der Waals surface area (Å²) in [6.07, 6.45) is 9.45. The van der Waals surface area contributed by atoms with Gasteiger partial charge in [-0.15, -0.1) is 0 Å². The second-order valence-electron chi connectivity index (χ2n) is 11.8. The van der Waals surface area contributed by atoms with E-state index < -0.39 is 23.8 Å². The number of fused-ring (bicyclic) bond motifs is 1. The van der Waals surface area contributed by atoms with E-state index in [2.05, 4.69) is 15.2 Å². The van der Waals surface area contributed by atoms with Crippen LogP contribution in [0.5, 0.6) is 0 Å². The average Bonchev–Trinajstić information content (AvgIpc) is 3.63. The minimum Gasteiger partial charge on any atom is -0.385 e. The molecular weight excluding hydrogens is 496 g/mol. The number of nitrogens with one attached hydrogen (secondary N) is 1. The summed E-state index contributed by atoms with van der Waals surface area (Å²) in [5, 5.41) is 11.0. The van der Waals surface area contributed by atoms with E-state index in [1.54, 1.807) is 18.2 Å². The van der Waals surface area contributed by atoms with Crippen molar-refractivity contribution in [2.45, 2.75) is 75.9 Å². The number of hydrogen-bond acceptors (Lipinski definition) is 8. The van der Waals surface area contributed by atoms with Crippen LogP contribution in [-0.4, -0.2) is 88.8 Å². The first-order valence-electron chi connectivity index (χ1n) is 14.5. The molecular formula is C29H38N6O4. The number of likely N-dealkylation sites (tertiary alicyclic amines) is 1. The molecule has 2 aliphatic carbocycles. The van der Waals surface area contributed by atoms with Crippen molar-refractivity contribution >= 4 is 35.4 Å². The van der Waals surface area contributed by atoms with Gasteiger partial charge in [-0.05, 0) is 82.2 Å². The van der Waals surface area contributed by atoms with Gasteiger partial charge in [0, 0.05) is 30.6 Å². The number of nitrogens with two attached hydrogens (primary N) is 1. The fourth-order valence-electron chi connectivity index (χ4n) is 6.67. The minimum atomic E-state index is -1.13. The molecule has 2 saturated carbocycles. The molecule has 0 aromatic heterocycles. The Balaban J connectivity index is 1.03. The molecule has 10 heteroatoms. The van der Waals surface area contributed by atoms with Crippen LogP contribution < -0.4 is 11.1 Å². The quantitative estimate of drug-likeness (QED) is 0.329. The largest absolute Gasteiger partial charge is 0.385 e. The van der Waals surface area contributed by atoms with Gasteiger partial charge < -0.3 is 15.8 Å². The van der Waals surface area contributed by atoms with Crippen molar-refractivity contribution in [3.63, 3.8) is 0 Å². The maximum absolute atomic E-state index is 13.0. The number of hydrogen-bond donors (Lipinski definition) is 2. The Morgan fingerprint density at radius 1 is 1.10 bits per heavy atom. The molecule has 1 saturated heterocycles. The zero-order chi connectivity index (χ0) is 27.1. The Hall–Kier alpha value is -3.27. The van der Waals surface area contributed by atoms with Crippen LogP contribution in [0.1, 0.15) is 78.5 Å². The number of amides is 3. The fourth-order valence-corrected chi connectivity index (χ4v) is 6.67. The van der Waals surface area contributed by atoms with Crippen molar-refractivity contribution in [1.29, 1.82) is 0 Å². The zero-order valence-corrected chi connectivity index (χ0v) is 22.4. The van der Waals surface area contributed by atoms with Crippen molar-refractivity contribution < 1.29 is 19.2 Å². The van der Waals surface area contributed by atoms with E-state index in [-0.39, 0.29) is 24.0 Å². The SMILES string of the molecule is NC(=O)C(CCC=O)N1C(=O)c2ccc(NC[C@H]3C[C@H](N4CC(N5CCCCC5)C(C5CC5)=N4)C3)cc2C1=O. The van der Waals surface area contributed by atoms with Gasteiger partial charge in [-0.2, -0.15) is 5.10 Å². The molecule has 208 valence electrons. The van der Waals surface area contributed by atoms with Crippen LogP contribution in [0.2, 0.25) is 0 Å². The van der Waals surface area contributed by atoms with Crippen LogP contribution in [0.15, 0.2) is 23.3 Å². The van der Waals surface area contributed by atoms with Gasteiger partial charge in [-0.3, -0.25) is 29.2 Å². The van der Waals surface area contributed by atoms with Gasteiger partial charge in [0.2, 0.25) is 5.91 Å². The molecule has 2 unspecified atom stereocenters. The summed E-state index contributed by atoms with van der Waals surface area (Å²) in [6.45, 7) is 4.23. The third kappa shape index (κ3) is 5.06. The Bertz CT molecular complexity index is 1180. The second kappa shape index (κ2) is 10.7. The topological polar surface area (TPSA) is 128 Å². The van der Waals surface area contributed by atoms with Crippen LogP contribution in [-0.2, 0) is 9.59 Å². The number of carbonyl (C=O) groups is 4. The number of anilines is 1. The monoisotopic (exact) mass is 534 g/mol. The first kappa shape index (κ1) is 26.0. The summed E-state index contributed by atoms with van der Waals surface area (Å²) in [7, 11) is 0. The summed E-state index contributed by atoms with van der Waals surface area (Å²) < 4.78 is 0. The lowest BCUT2D eigenvalue weighted by Crippen LogP contribution is -2.49. The van der Waals surface area contributed by atoms with Gasteiger partial charge in [-0.1, -0.05) is 6.42 Å². The number of imide groups is 1. The summed E-state index contributed by atoms with van der Waals surface area (Å²) in [4.78, 5) is 52.2. The summed E-state index contributed by atoms with van der Waals surface area (Å²) in [5.41, 5.74) is 8.17.